The van der Waals surface area contributed by atoms with E-state index in [1.165, 1.54) is 24.5 Å². The van der Waals surface area contributed by atoms with Crippen molar-refractivity contribution in [1.82, 2.24) is 9.55 Å². The third-order valence-electron chi connectivity index (χ3n) is 6.05. The van der Waals surface area contributed by atoms with Gasteiger partial charge in [-0.25, -0.2) is 9.18 Å². The van der Waals surface area contributed by atoms with Gasteiger partial charge in [-0.05, 0) is 50.6 Å². The number of hydrogen-bond donors (Lipinski definition) is 1. The summed E-state index contributed by atoms with van der Waals surface area (Å²) in [4.78, 5) is 18.0. The van der Waals surface area contributed by atoms with E-state index in [0.717, 1.165) is 28.1 Å². The van der Waals surface area contributed by atoms with Gasteiger partial charge in [-0.1, -0.05) is 6.92 Å². The van der Waals surface area contributed by atoms with E-state index >= 15 is 0 Å². The molecule has 4 aromatic rings. The number of esters is 1. The molecule has 1 aromatic carbocycles. The number of anilines is 1. The van der Waals surface area contributed by atoms with Crippen molar-refractivity contribution in [1.29, 1.82) is 0 Å². The van der Waals surface area contributed by atoms with Gasteiger partial charge in [0, 0.05) is 42.1 Å². The van der Waals surface area contributed by atoms with Crippen LogP contribution < -0.4 is 14.8 Å². The van der Waals surface area contributed by atoms with Crippen LogP contribution in [0, 0.1) is 12.7 Å². The predicted molar refractivity (Wildman–Crippen MR) is 141 cm³/mol. The number of fused-ring (bicyclic) bond motifs is 1. The molecule has 1 N–H and O–H groups in total. The summed E-state index contributed by atoms with van der Waals surface area (Å²) in [5.74, 6) is 0.444. The molecule has 0 spiro atoms. The number of nitrogens with zero attached hydrogens (tertiary/aromatic N) is 2. The van der Waals surface area contributed by atoms with Crippen LogP contribution in [-0.2, 0) is 11.3 Å². The molecule has 7 nitrogen and oxygen atoms in total. The maximum Gasteiger partial charge on any atom is 0.351 e. The molecule has 0 aliphatic rings. The van der Waals surface area contributed by atoms with E-state index in [9.17, 15) is 9.18 Å². The molecule has 0 radical (unpaired) electrons. The van der Waals surface area contributed by atoms with E-state index in [2.05, 4.69) is 10.3 Å². The van der Waals surface area contributed by atoms with Crippen LogP contribution in [0.15, 0.2) is 42.6 Å². The second-order valence-corrected chi connectivity index (χ2v) is 9.49. The van der Waals surface area contributed by atoms with Crippen LogP contribution in [0.4, 0.5) is 10.1 Å². The van der Waals surface area contributed by atoms with Crippen molar-refractivity contribution in [3.63, 3.8) is 0 Å². The molecular formula is C27H30FN3O4S. The summed E-state index contributed by atoms with van der Waals surface area (Å²) in [7, 11) is 2.94. The molecule has 4 rings (SSSR count). The van der Waals surface area contributed by atoms with Gasteiger partial charge in [-0.15, -0.1) is 11.3 Å². The zero-order valence-electron chi connectivity index (χ0n) is 21.1. The Balaban J connectivity index is 1.53. The van der Waals surface area contributed by atoms with E-state index in [1.807, 2.05) is 49.6 Å². The van der Waals surface area contributed by atoms with Gasteiger partial charge in [0.2, 0.25) is 0 Å². The van der Waals surface area contributed by atoms with Gasteiger partial charge in [-0.2, -0.15) is 0 Å². The summed E-state index contributed by atoms with van der Waals surface area (Å²) < 4.78 is 32.9. The van der Waals surface area contributed by atoms with Gasteiger partial charge < -0.3 is 24.1 Å². The van der Waals surface area contributed by atoms with Crippen molar-refractivity contribution in [3.8, 4) is 22.1 Å². The molecule has 9 heteroatoms. The molecule has 1 atom stereocenters. The van der Waals surface area contributed by atoms with Gasteiger partial charge in [0.25, 0.3) is 0 Å². The molecule has 0 saturated heterocycles. The number of methoxy groups -OCH3 is 2. The second-order valence-electron chi connectivity index (χ2n) is 8.44. The number of ether oxygens (including phenoxy) is 3. The molecule has 1 unspecified atom stereocenters. The number of hydrogen-bond acceptors (Lipinski definition) is 7. The standard InChI is InChI=1S/C27H30FN3O4S/c1-6-17(3)35-23-15-24(36-26(23)27(32)34-5)21-14-18(9-10-30-21)29-11-12-31-16(2)13-19-22(33-4)8-7-20(28)25(19)31/h7-10,13-15,17H,6,11-12H2,1-5H3,(H,29,30). The van der Waals surface area contributed by atoms with Crippen molar-refractivity contribution in [2.75, 3.05) is 26.1 Å². The minimum absolute atomic E-state index is 0.0326. The Bertz CT molecular complexity index is 1380. The first-order valence-electron chi connectivity index (χ1n) is 11.8. The monoisotopic (exact) mass is 511 g/mol. The number of pyridine rings is 1. The number of aryl methyl sites for hydroxylation is 1. The Morgan fingerprint density at radius 2 is 2.00 bits per heavy atom. The van der Waals surface area contributed by atoms with E-state index in [0.29, 0.717) is 40.7 Å². The Morgan fingerprint density at radius 3 is 2.72 bits per heavy atom. The Morgan fingerprint density at radius 1 is 1.19 bits per heavy atom. The Hall–Kier alpha value is -3.59. The average molecular weight is 512 g/mol. The van der Waals surface area contributed by atoms with E-state index in [4.69, 9.17) is 14.2 Å². The molecule has 0 bridgehead atoms. The highest BCUT2D eigenvalue weighted by Crippen LogP contribution is 2.37. The maximum atomic E-state index is 14.6. The van der Waals surface area contributed by atoms with Crippen LogP contribution in [0.25, 0.3) is 21.5 Å². The van der Waals surface area contributed by atoms with Crippen LogP contribution in [0.1, 0.15) is 35.6 Å². The van der Waals surface area contributed by atoms with Gasteiger partial charge >= 0.3 is 5.97 Å². The molecule has 36 heavy (non-hydrogen) atoms. The lowest BCUT2D eigenvalue weighted by Gasteiger charge is -2.12. The van der Waals surface area contributed by atoms with Gasteiger partial charge in [0.15, 0.2) is 4.88 Å². The number of carbonyl (C=O) groups excluding carboxylic acids is 1. The molecule has 0 saturated carbocycles. The fraction of sp³-hybridized carbons (Fsp3) is 0.333. The largest absolute Gasteiger partial charge is 0.496 e. The molecule has 0 fully saturated rings. The first kappa shape index (κ1) is 25.5. The van der Waals surface area contributed by atoms with Crippen LogP contribution in [-0.4, -0.2) is 42.4 Å². The van der Waals surface area contributed by atoms with Crippen molar-refractivity contribution >= 4 is 33.9 Å². The number of benzene rings is 1. The lowest BCUT2D eigenvalue weighted by atomic mass is 10.2. The fourth-order valence-electron chi connectivity index (χ4n) is 4.02. The van der Waals surface area contributed by atoms with E-state index in [1.54, 1.807) is 19.4 Å². The molecule has 3 aromatic heterocycles. The van der Waals surface area contributed by atoms with Crippen LogP contribution >= 0.6 is 11.3 Å². The first-order valence-corrected chi connectivity index (χ1v) is 12.6. The van der Waals surface area contributed by atoms with E-state index in [-0.39, 0.29) is 11.9 Å². The lowest BCUT2D eigenvalue weighted by molar-refractivity contribution is 0.0600. The number of thiophene rings is 1. The first-order chi connectivity index (χ1) is 17.4. The minimum atomic E-state index is -0.433. The zero-order valence-corrected chi connectivity index (χ0v) is 21.9. The van der Waals surface area contributed by atoms with Crippen molar-refractivity contribution < 1.29 is 23.4 Å². The summed E-state index contributed by atoms with van der Waals surface area (Å²) >= 11 is 1.29. The topological polar surface area (TPSA) is 74.6 Å². The third kappa shape index (κ3) is 5.16. The Kier molecular flexibility index (Phi) is 7.79. The summed E-state index contributed by atoms with van der Waals surface area (Å²) in [6.07, 6.45) is 2.50. The molecular weight excluding hydrogens is 481 g/mol. The highest BCUT2D eigenvalue weighted by atomic mass is 32.1. The van der Waals surface area contributed by atoms with Crippen molar-refractivity contribution in [2.24, 2.45) is 0 Å². The SMILES string of the molecule is CCC(C)Oc1cc(-c2cc(NCCn3c(C)cc4c(OC)ccc(F)c43)ccn2)sc1C(=O)OC. The van der Waals surface area contributed by atoms with E-state index < -0.39 is 5.97 Å². The molecule has 0 amide bonds. The number of halogens is 1. The number of nitrogens with one attached hydrogen (secondary N) is 1. The van der Waals surface area contributed by atoms with Gasteiger partial charge in [0.1, 0.15) is 17.3 Å². The summed E-state index contributed by atoms with van der Waals surface area (Å²) in [6.45, 7) is 7.08. The molecule has 0 aliphatic carbocycles. The smallest absolute Gasteiger partial charge is 0.351 e. The fourth-order valence-corrected chi connectivity index (χ4v) is 4.99. The average Bonchev–Trinajstić information content (AvgIpc) is 3.45. The zero-order chi connectivity index (χ0) is 25.8. The number of aromatic nitrogens is 2. The molecule has 0 aliphatic heterocycles. The highest BCUT2D eigenvalue weighted by molar-refractivity contribution is 7.17. The minimum Gasteiger partial charge on any atom is -0.496 e. The molecule has 190 valence electrons. The normalized spacial score (nSPS) is 11.9. The quantitative estimate of drug-likeness (QED) is 0.252. The van der Waals surface area contributed by atoms with Crippen molar-refractivity contribution in [2.45, 2.75) is 39.8 Å². The third-order valence-corrected chi connectivity index (χ3v) is 7.16. The van der Waals surface area contributed by atoms with Gasteiger partial charge in [0.05, 0.1) is 36.4 Å². The van der Waals surface area contributed by atoms with Crippen molar-refractivity contribution in [3.05, 3.63) is 59.0 Å². The summed E-state index contributed by atoms with van der Waals surface area (Å²) in [5, 5.41) is 4.16. The maximum absolute atomic E-state index is 14.6. The van der Waals surface area contributed by atoms with Gasteiger partial charge in [-0.3, -0.25) is 4.98 Å². The second kappa shape index (κ2) is 11.0. The van der Waals surface area contributed by atoms with Crippen LogP contribution in [0.5, 0.6) is 11.5 Å². The lowest BCUT2D eigenvalue weighted by Crippen LogP contribution is -2.12. The van der Waals surface area contributed by atoms with Crippen LogP contribution in [0.3, 0.4) is 0 Å². The summed E-state index contributed by atoms with van der Waals surface area (Å²) in [5.41, 5.74) is 3.07. The number of carbonyl (C=O) groups is 1. The highest BCUT2D eigenvalue weighted by Gasteiger charge is 2.21. The van der Waals surface area contributed by atoms with Crippen LogP contribution in [0.2, 0.25) is 0 Å². The predicted octanol–water partition coefficient (Wildman–Crippen LogP) is 6.30. The Labute approximate surface area is 213 Å². The number of rotatable bonds is 10. The summed E-state index contributed by atoms with van der Waals surface area (Å²) in [6, 6.07) is 10.6. The molecule has 3 heterocycles.